The number of nitrogens with zero attached hydrogens (tertiary/aromatic N) is 1. The number of carbonyl (C=O) groups excluding carboxylic acids is 4. The third-order valence-electron chi connectivity index (χ3n) is 9.03. The van der Waals surface area contributed by atoms with Gasteiger partial charge in [-0.05, 0) is 54.2 Å². The van der Waals surface area contributed by atoms with Gasteiger partial charge in [-0.1, -0.05) is 46.2 Å². The molecule has 1 aliphatic heterocycles. The number of aromatic nitrogens is 1. The number of fused-ring (bicyclic) bond motifs is 2. The predicted octanol–water partition coefficient (Wildman–Crippen LogP) is 2.23. The summed E-state index contributed by atoms with van der Waals surface area (Å²) in [5.41, 5.74) is 6.21. The highest BCUT2D eigenvalue weighted by atomic mass is 19.4. The molecule has 0 radical (unpaired) electrons. The van der Waals surface area contributed by atoms with Gasteiger partial charge in [0, 0.05) is 29.4 Å². The van der Waals surface area contributed by atoms with Crippen molar-refractivity contribution in [2.75, 3.05) is 6.54 Å². The first-order valence-corrected chi connectivity index (χ1v) is 14.1. The van der Waals surface area contributed by atoms with Crippen molar-refractivity contribution in [2.24, 2.45) is 28.4 Å². The van der Waals surface area contributed by atoms with E-state index in [0.29, 0.717) is 11.1 Å². The summed E-state index contributed by atoms with van der Waals surface area (Å²) in [6, 6.07) is 1.51. The van der Waals surface area contributed by atoms with E-state index in [1.165, 1.54) is 25.7 Å². The second kappa shape index (κ2) is 10.7. The lowest BCUT2D eigenvalue weighted by molar-refractivity contribution is -0.176. The van der Waals surface area contributed by atoms with E-state index in [-0.39, 0.29) is 35.8 Å². The van der Waals surface area contributed by atoms with Gasteiger partial charge in [-0.15, -0.1) is 0 Å². The maximum atomic E-state index is 13.8. The van der Waals surface area contributed by atoms with Crippen molar-refractivity contribution >= 4 is 34.5 Å². The maximum absolute atomic E-state index is 13.8. The van der Waals surface area contributed by atoms with Gasteiger partial charge in [0.1, 0.15) is 18.1 Å². The monoisotopic (exact) mass is 605 g/mol. The van der Waals surface area contributed by atoms with Crippen molar-refractivity contribution in [1.29, 1.82) is 0 Å². The molecule has 2 aliphatic rings. The fourth-order valence-corrected chi connectivity index (χ4v) is 6.38. The first-order chi connectivity index (χ1) is 19.7. The van der Waals surface area contributed by atoms with E-state index in [2.05, 4.69) is 10.3 Å². The maximum Gasteiger partial charge on any atom is 0.471 e. The number of nitrogens with two attached hydrogens (primary N) is 1. The second-order valence-electron chi connectivity index (χ2n) is 13.4. The van der Waals surface area contributed by atoms with Gasteiger partial charge in [-0.2, -0.15) is 13.2 Å². The molecular weight excluding hydrogens is 567 g/mol. The molecule has 10 nitrogen and oxygen atoms in total. The number of benzene rings is 1. The van der Waals surface area contributed by atoms with Crippen molar-refractivity contribution < 1.29 is 32.3 Å². The van der Waals surface area contributed by atoms with E-state index in [9.17, 15) is 37.1 Å². The Balaban J connectivity index is 1.63. The number of primary amides is 1. The van der Waals surface area contributed by atoms with E-state index in [1.807, 2.05) is 32.9 Å². The minimum absolute atomic E-state index is 0.0904. The number of halogens is 3. The first kappa shape index (κ1) is 32.0. The van der Waals surface area contributed by atoms with Crippen LogP contribution in [0.5, 0.6) is 0 Å². The van der Waals surface area contributed by atoms with Gasteiger partial charge in [0.2, 0.25) is 17.7 Å². The van der Waals surface area contributed by atoms with Crippen LogP contribution in [0.1, 0.15) is 51.3 Å². The number of H-pyrrole nitrogens is 1. The van der Waals surface area contributed by atoms with Crippen molar-refractivity contribution in [3.05, 3.63) is 45.2 Å². The van der Waals surface area contributed by atoms with Crippen LogP contribution in [0.2, 0.25) is 0 Å². The smallest absolute Gasteiger partial charge is 0.368 e. The minimum Gasteiger partial charge on any atom is -0.368 e. The molecule has 0 spiro atoms. The van der Waals surface area contributed by atoms with E-state index in [1.54, 1.807) is 18.3 Å². The average molecular weight is 606 g/mol. The number of pyridine rings is 1. The summed E-state index contributed by atoms with van der Waals surface area (Å²) in [6.45, 7) is 12.1. The zero-order chi connectivity index (χ0) is 32.4. The number of nitrogens with one attached hydrogen (secondary N) is 3. The van der Waals surface area contributed by atoms with E-state index < -0.39 is 58.9 Å². The number of aryl methyl sites for hydroxylation is 2. The van der Waals surface area contributed by atoms with Crippen LogP contribution in [0.3, 0.4) is 0 Å². The lowest BCUT2D eigenvalue weighted by Crippen LogP contribution is -2.61. The van der Waals surface area contributed by atoms with Gasteiger partial charge in [-0.3, -0.25) is 24.0 Å². The number of carbonyl (C=O) groups is 4. The SMILES string of the molecule is Cc1ccc2[nH]c(=O)c(C[C@H](NC(=O)[C@@H]3[C@@H]4[C@H](CN3C(=O)[C@@H](NC(=O)C(F)(F)F)C(C)(C)C)C4(C)C)C(N)=O)c(C)c2c1. The Morgan fingerprint density at radius 1 is 1.12 bits per heavy atom. The summed E-state index contributed by atoms with van der Waals surface area (Å²) in [5.74, 6) is -5.16. The number of hydrogen-bond acceptors (Lipinski definition) is 5. The normalized spacial score (nSPS) is 22.5. The Bertz CT molecular complexity index is 1560. The van der Waals surface area contributed by atoms with Crippen molar-refractivity contribution in [2.45, 2.75) is 79.2 Å². The quantitative estimate of drug-likeness (QED) is 0.381. The molecule has 1 saturated carbocycles. The van der Waals surface area contributed by atoms with Gasteiger partial charge < -0.3 is 26.3 Å². The molecule has 5 atom stereocenters. The van der Waals surface area contributed by atoms with Gasteiger partial charge in [0.05, 0.1) is 0 Å². The summed E-state index contributed by atoms with van der Waals surface area (Å²) in [4.78, 5) is 68.8. The number of aromatic amines is 1. The summed E-state index contributed by atoms with van der Waals surface area (Å²) in [6.07, 6.45) is -5.42. The molecule has 13 heteroatoms. The topological polar surface area (TPSA) is 154 Å². The first-order valence-electron chi connectivity index (χ1n) is 14.1. The van der Waals surface area contributed by atoms with Crippen LogP contribution in [0.25, 0.3) is 10.9 Å². The lowest BCUT2D eigenvalue weighted by atomic mass is 9.85. The summed E-state index contributed by atoms with van der Waals surface area (Å²) >= 11 is 0. The number of piperidine rings is 1. The highest BCUT2D eigenvalue weighted by Gasteiger charge is 2.70. The molecule has 1 aliphatic carbocycles. The van der Waals surface area contributed by atoms with Crippen LogP contribution in [0, 0.1) is 36.5 Å². The molecule has 5 N–H and O–H groups in total. The van der Waals surface area contributed by atoms with Gasteiger partial charge in [0.25, 0.3) is 5.56 Å². The molecule has 1 saturated heterocycles. The number of alkyl halides is 3. The van der Waals surface area contributed by atoms with Gasteiger partial charge in [-0.25, -0.2) is 0 Å². The number of likely N-dealkylation sites (tertiary alicyclic amines) is 1. The molecule has 1 aromatic heterocycles. The largest absolute Gasteiger partial charge is 0.471 e. The van der Waals surface area contributed by atoms with Crippen molar-refractivity contribution in [1.82, 2.24) is 20.5 Å². The number of hydrogen-bond donors (Lipinski definition) is 4. The van der Waals surface area contributed by atoms with E-state index >= 15 is 0 Å². The highest BCUT2D eigenvalue weighted by Crippen LogP contribution is 2.65. The van der Waals surface area contributed by atoms with Crippen LogP contribution in [-0.4, -0.2) is 64.4 Å². The second-order valence-corrected chi connectivity index (χ2v) is 13.4. The van der Waals surface area contributed by atoms with Gasteiger partial charge in [0.15, 0.2) is 0 Å². The summed E-state index contributed by atoms with van der Waals surface area (Å²) in [5, 5.41) is 5.19. The Hall–Kier alpha value is -3.90. The molecule has 234 valence electrons. The van der Waals surface area contributed by atoms with E-state index in [4.69, 9.17) is 5.73 Å². The molecule has 43 heavy (non-hydrogen) atoms. The van der Waals surface area contributed by atoms with Crippen LogP contribution < -0.4 is 21.9 Å². The Morgan fingerprint density at radius 3 is 2.30 bits per heavy atom. The van der Waals surface area contributed by atoms with Crippen molar-refractivity contribution in [3.63, 3.8) is 0 Å². The Labute approximate surface area is 246 Å². The predicted molar refractivity (Wildman–Crippen MR) is 153 cm³/mol. The summed E-state index contributed by atoms with van der Waals surface area (Å²) in [7, 11) is 0. The van der Waals surface area contributed by atoms with Crippen LogP contribution in [0.4, 0.5) is 13.2 Å². The van der Waals surface area contributed by atoms with Crippen LogP contribution >= 0.6 is 0 Å². The van der Waals surface area contributed by atoms with Gasteiger partial charge >= 0.3 is 12.1 Å². The third kappa shape index (κ3) is 5.98. The molecule has 0 bridgehead atoms. The molecule has 2 aromatic rings. The van der Waals surface area contributed by atoms with Crippen LogP contribution in [-0.2, 0) is 25.6 Å². The molecule has 2 heterocycles. The standard InChI is InChI=1S/C30H38F3N5O5/c1-13-8-9-18-15(10-13)14(2)16(24(40)35-18)11-19(23(34)39)36-25(41)21-20-17(29(20,6)7)12-38(21)26(42)22(28(3,4)5)37-27(43)30(31,32)33/h8-10,17,19-22H,11-12H2,1-7H3,(H2,34,39)(H,35,40)(H,36,41)(H,37,43)/t17-,19-,20-,21-,22+/m0/s1. The minimum atomic E-state index is -5.21. The third-order valence-corrected chi connectivity index (χ3v) is 9.03. The zero-order valence-electron chi connectivity index (χ0n) is 25.2. The lowest BCUT2D eigenvalue weighted by Gasteiger charge is -2.38. The number of amides is 4. The fraction of sp³-hybridized carbons (Fsp3) is 0.567. The number of rotatable bonds is 7. The average Bonchev–Trinajstić information content (AvgIpc) is 3.20. The highest BCUT2D eigenvalue weighted by molar-refractivity contribution is 5.96. The Morgan fingerprint density at radius 2 is 1.74 bits per heavy atom. The molecule has 1 aromatic carbocycles. The molecular formula is C30H38F3N5O5. The molecule has 4 rings (SSSR count). The Kier molecular flexibility index (Phi) is 7.95. The zero-order valence-corrected chi connectivity index (χ0v) is 25.2. The van der Waals surface area contributed by atoms with Crippen molar-refractivity contribution in [3.8, 4) is 0 Å². The summed E-state index contributed by atoms with van der Waals surface area (Å²) < 4.78 is 39.3. The van der Waals surface area contributed by atoms with Crippen LogP contribution in [0.15, 0.2) is 23.0 Å². The molecule has 0 unspecified atom stereocenters. The molecule has 4 amide bonds. The molecule has 2 fully saturated rings. The fourth-order valence-electron chi connectivity index (χ4n) is 6.38. The van der Waals surface area contributed by atoms with E-state index in [0.717, 1.165) is 10.9 Å².